The molecule has 27 heavy (non-hydrogen) atoms. The number of methoxy groups -OCH3 is 1. The minimum Gasteiger partial charge on any atom is -0.380 e. The van der Waals surface area contributed by atoms with Crippen molar-refractivity contribution in [2.24, 2.45) is 0 Å². The Kier molecular flexibility index (Phi) is 5.55. The molecule has 3 rings (SSSR count). The average Bonchev–Trinajstić information content (AvgIpc) is 3.11. The van der Waals surface area contributed by atoms with E-state index in [9.17, 15) is 18.0 Å². The lowest BCUT2D eigenvalue weighted by Crippen LogP contribution is -2.22. The van der Waals surface area contributed by atoms with Crippen molar-refractivity contribution in [2.45, 2.75) is 18.7 Å². The molecule has 2 N–H and O–H groups in total. The van der Waals surface area contributed by atoms with E-state index in [1.807, 2.05) is 12.1 Å². The lowest BCUT2D eigenvalue weighted by molar-refractivity contribution is -0.137. The largest absolute Gasteiger partial charge is 0.416 e. The quantitative estimate of drug-likeness (QED) is 0.818. The fourth-order valence-electron chi connectivity index (χ4n) is 2.95. The topological polar surface area (TPSA) is 53.6 Å². The number of hydrogen-bond donors (Lipinski definition) is 2. The summed E-state index contributed by atoms with van der Waals surface area (Å²) in [6.45, 7) is 1.75. The summed E-state index contributed by atoms with van der Waals surface area (Å²) in [6, 6.07) is 11.1. The molecule has 5 nitrogen and oxygen atoms in total. The van der Waals surface area contributed by atoms with Crippen LogP contribution in [0.5, 0.6) is 0 Å². The van der Waals surface area contributed by atoms with Crippen LogP contribution in [0.4, 0.5) is 35.0 Å². The van der Waals surface area contributed by atoms with Crippen molar-refractivity contribution in [1.29, 1.82) is 0 Å². The second-order valence-electron chi connectivity index (χ2n) is 6.29. The number of amides is 2. The normalized spacial score (nSPS) is 17.0. The van der Waals surface area contributed by atoms with Gasteiger partial charge in [0.2, 0.25) is 0 Å². The molecule has 0 saturated carbocycles. The Morgan fingerprint density at radius 1 is 1.04 bits per heavy atom. The summed E-state index contributed by atoms with van der Waals surface area (Å²) in [4.78, 5) is 14.2. The first-order chi connectivity index (χ1) is 12.8. The van der Waals surface area contributed by atoms with Crippen LogP contribution >= 0.6 is 0 Å². The van der Waals surface area contributed by atoms with Crippen molar-refractivity contribution in [3.8, 4) is 0 Å². The zero-order valence-electron chi connectivity index (χ0n) is 14.7. The number of anilines is 3. The highest BCUT2D eigenvalue weighted by Gasteiger charge is 2.30. The van der Waals surface area contributed by atoms with Gasteiger partial charge in [0.15, 0.2) is 0 Å². The molecule has 144 valence electrons. The number of nitrogens with zero attached hydrogens (tertiary/aromatic N) is 1. The summed E-state index contributed by atoms with van der Waals surface area (Å²) in [7, 11) is 1.70. The van der Waals surface area contributed by atoms with E-state index in [0.29, 0.717) is 5.69 Å². The molecule has 1 saturated heterocycles. The van der Waals surface area contributed by atoms with Crippen LogP contribution in [0.25, 0.3) is 0 Å². The molecule has 8 heteroatoms. The number of benzene rings is 2. The molecular weight excluding hydrogens is 359 g/mol. The number of nitrogens with one attached hydrogen (secondary N) is 2. The van der Waals surface area contributed by atoms with Gasteiger partial charge in [0.05, 0.1) is 11.7 Å². The van der Waals surface area contributed by atoms with Gasteiger partial charge in [0.25, 0.3) is 0 Å². The van der Waals surface area contributed by atoms with Gasteiger partial charge in [-0.05, 0) is 55.0 Å². The molecule has 0 aliphatic carbocycles. The van der Waals surface area contributed by atoms with Gasteiger partial charge in [-0.2, -0.15) is 13.2 Å². The van der Waals surface area contributed by atoms with Gasteiger partial charge in [-0.25, -0.2) is 4.79 Å². The molecule has 1 atom stereocenters. The maximum Gasteiger partial charge on any atom is 0.416 e. The molecule has 1 fully saturated rings. The van der Waals surface area contributed by atoms with E-state index in [4.69, 9.17) is 4.74 Å². The van der Waals surface area contributed by atoms with E-state index < -0.39 is 17.8 Å². The van der Waals surface area contributed by atoms with E-state index >= 15 is 0 Å². The Balaban J connectivity index is 1.55. The molecular formula is C19H20F3N3O2. The van der Waals surface area contributed by atoms with Crippen LogP contribution in [0.3, 0.4) is 0 Å². The smallest absolute Gasteiger partial charge is 0.380 e. The van der Waals surface area contributed by atoms with Crippen molar-refractivity contribution >= 4 is 23.1 Å². The monoisotopic (exact) mass is 379 g/mol. The molecule has 2 aromatic rings. The fourth-order valence-corrected chi connectivity index (χ4v) is 2.95. The standard InChI is InChI=1S/C19H20F3N3O2/c1-27-17-10-11-25(12-17)16-8-6-15(7-9-16)24-18(26)23-14-4-2-13(3-5-14)19(20,21)22/h2-9,17H,10-12H2,1H3,(H2,23,24,26). The number of hydrogen-bond acceptors (Lipinski definition) is 3. The van der Waals surface area contributed by atoms with Gasteiger partial charge in [0.1, 0.15) is 0 Å². The first kappa shape index (κ1) is 19.0. The fraction of sp³-hybridized carbons (Fsp3) is 0.316. The summed E-state index contributed by atoms with van der Waals surface area (Å²) in [6.07, 6.45) is -3.19. The minimum absolute atomic E-state index is 0.234. The Morgan fingerprint density at radius 3 is 2.07 bits per heavy atom. The van der Waals surface area contributed by atoms with Gasteiger partial charge in [-0.3, -0.25) is 0 Å². The molecule has 1 aliphatic heterocycles. The lowest BCUT2D eigenvalue weighted by Gasteiger charge is -2.18. The molecule has 0 spiro atoms. The SMILES string of the molecule is COC1CCN(c2ccc(NC(=O)Nc3ccc(C(F)(F)F)cc3)cc2)C1. The van der Waals surface area contributed by atoms with Gasteiger partial charge < -0.3 is 20.3 Å². The molecule has 0 radical (unpaired) electrons. The minimum atomic E-state index is -4.40. The van der Waals surface area contributed by atoms with Crippen molar-refractivity contribution in [1.82, 2.24) is 0 Å². The van der Waals surface area contributed by atoms with E-state index in [1.165, 1.54) is 12.1 Å². The second kappa shape index (κ2) is 7.87. The average molecular weight is 379 g/mol. The maximum absolute atomic E-state index is 12.5. The number of urea groups is 1. The van der Waals surface area contributed by atoms with Crippen LogP contribution in [0.1, 0.15) is 12.0 Å². The van der Waals surface area contributed by atoms with Crippen LogP contribution in [0.15, 0.2) is 48.5 Å². The Bertz CT molecular complexity index is 776. The lowest BCUT2D eigenvalue weighted by atomic mass is 10.2. The van der Waals surface area contributed by atoms with Gasteiger partial charge in [-0.15, -0.1) is 0 Å². The highest BCUT2D eigenvalue weighted by Crippen LogP contribution is 2.30. The number of rotatable bonds is 4. The summed E-state index contributed by atoms with van der Waals surface area (Å²) < 4.78 is 43.0. The van der Waals surface area contributed by atoms with E-state index in [1.54, 1.807) is 19.2 Å². The number of carbonyl (C=O) groups is 1. The van der Waals surface area contributed by atoms with Crippen molar-refractivity contribution in [3.63, 3.8) is 0 Å². The highest BCUT2D eigenvalue weighted by molar-refractivity contribution is 5.99. The van der Waals surface area contributed by atoms with Gasteiger partial charge >= 0.3 is 12.2 Å². The Labute approximate surface area is 155 Å². The van der Waals surface area contributed by atoms with E-state index in [2.05, 4.69) is 15.5 Å². The molecule has 1 unspecified atom stereocenters. The Hall–Kier alpha value is -2.74. The predicted molar refractivity (Wildman–Crippen MR) is 98.2 cm³/mol. The van der Waals surface area contributed by atoms with Crippen molar-refractivity contribution < 1.29 is 22.7 Å². The number of alkyl halides is 3. The molecule has 2 aromatic carbocycles. The predicted octanol–water partition coefficient (Wildman–Crippen LogP) is 4.57. The van der Waals surface area contributed by atoms with Gasteiger partial charge in [0, 0.05) is 37.3 Å². The summed E-state index contributed by atoms with van der Waals surface area (Å²) in [5.74, 6) is 0. The van der Waals surface area contributed by atoms with Crippen LogP contribution in [-0.4, -0.2) is 32.3 Å². The third-order valence-corrected chi connectivity index (χ3v) is 4.44. The first-order valence-electron chi connectivity index (χ1n) is 8.48. The van der Waals surface area contributed by atoms with Crippen LogP contribution in [-0.2, 0) is 10.9 Å². The Morgan fingerprint density at radius 2 is 1.59 bits per heavy atom. The zero-order chi connectivity index (χ0) is 19.4. The molecule has 1 heterocycles. The number of ether oxygens (including phenoxy) is 1. The molecule has 1 aliphatic rings. The highest BCUT2D eigenvalue weighted by atomic mass is 19.4. The van der Waals surface area contributed by atoms with Crippen LogP contribution in [0.2, 0.25) is 0 Å². The first-order valence-corrected chi connectivity index (χ1v) is 8.48. The second-order valence-corrected chi connectivity index (χ2v) is 6.29. The zero-order valence-corrected chi connectivity index (χ0v) is 14.7. The summed E-state index contributed by atoms with van der Waals surface area (Å²) in [5, 5.41) is 5.17. The van der Waals surface area contributed by atoms with Crippen LogP contribution in [0, 0.1) is 0 Å². The van der Waals surface area contributed by atoms with E-state index in [0.717, 1.165) is 37.3 Å². The third-order valence-electron chi connectivity index (χ3n) is 4.44. The van der Waals surface area contributed by atoms with Crippen molar-refractivity contribution in [3.05, 3.63) is 54.1 Å². The van der Waals surface area contributed by atoms with Crippen LogP contribution < -0.4 is 15.5 Å². The van der Waals surface area contributed by atoms with Gasteiger partial charge in [-0.1, -0.05) is 0 Å². The third kappa shape index (κ3) is 4.91. The molecule has 0 aromatic heterocycles. The van der Waals surface area contributed by atoms with E-state index in [-0.39, 0.29) is 11.8 Å². The number of halogens is 3. The summed E-state index contributed by atoms with van der Waals surface area (Å²) in [5.41, 5.74) is 1.15. The molecule has 2 amide bonds. The summed E-state index contributed by atoms with van der Waals surface area (Å²) >= 11 is 0. The maximum atomic E-state index is 12.5. The number of carbonyl (C=O) groups excluding carboxylic acids is 1. The van der Waals surface area contributed by atoms with Crippen molar-refractivity contribution in [2.75, 3.05) is 35.7 Å². The molecule has 0 bridgehead atoms.